The third-order valence-corrected chi connectivity index (χ3v) is 7.20. The molecule has 2 aromatic carbocycles. The standard InChI is InChI=1S/C27H31N3O2/c1-29(20-21-7-3-2-4-8-21)23-12-18-32-27(19-23)13-16-30(17-14-27)26(31)25-24-10-6-5-9-22(24)11-15-28-25/h2-11,15,23H,12-14,16-20H2,1H3. The highest BCUT2D eigenvalue weighted by molar-refractivity contribution is 6.05. The molecule has 1 unspecified atom stereocenters. The molecule has 32 heavy (non-hydrogen) atoms. The van der Waals surface area contributed by atoms with E-state index in [-0.39, 0.29) is 11.5 Å². The Hall–Kier alpha value is -2.76. The van der Waals surface area contributed by atoms with Crippen LogP contribution in [0.4, 0.5) is 0 Å². The van der Waals surface area contributed by atoms with Crippen molar-refractivity contribution in [1.29, 1.82) is 0 Å². The van der Waals surface area contributed by atoms with Crippen LogP contribution in [0.5, 0.6) is 0 Å². The number of likely N-dealkylation sites (tertiary alicyclic amines) is 1. The molecule has 5 heteroatoms. The zero-order chi connectivity index (χ0) is 22.0. The molecule has 0 saturated carbocycles. The average Bonchev–Trinajstić information content (AvgIpc) is 2.84. The van der Waals surface area contributed by atoms with E-state index in [1.165, 1.54) is 5.56 Å². The van der Waals surface area contributed by atoms with E-state index in [2.05, 4.69) is 47.3 Å². The molecule has 2 aliphatic heterocycles. The van der Waals surface area contributed by atoms with Crippen LogP contribution < -0.4 is 0 Å². The van der Waals surface area contributed by atoms with Gasteiger partial charge in [-0.1, -0.05) is 54.6 Å². The summed E-state index contributed by atoms with van der Waals surface area (Å²) in [4.78, 5) is 22.1. The number of rotatable bonds is 4. The van der Waals surface area contributed by atoms with Crippen molar-refractivity contribution in [3.05, 3.63) is 78.1 Å². The van der Waals surface area contributed by atoms with Gasteiger partial charge in [0.25, 0.3) is 5.91 Å². The molecule has 0 N–H and O–H groups in total. The van der Waals surface area contributed by atoms with E-state index >= 15 is 0 Å². The lowest BCUT2D eigenvalue weighted by atomic mass is 9.81. The molecule has 1 amide bonds. The minimum atomic E-state index is -0.114. The van der Waals surface area contributed by atoms with Crippen LogP contribution in [0.2, 0.25) is 0 Å². The van der Waals surface area contributed by atoms with Gasteiger partial charge in [0.05, 0.1) is 5.60 Å². The molecule has 0 radical (unpaired) electrons. The number of aromatic nitrogens is 1. The van der Waals surface area contributed by atoms with E-state index in [1.54, 1.807) is 6.20 Å². The molecule has 1 spiro atoms. The van der Waals surface area contributed by atoms with Crippen LogP contribution in [0.15, 0.2) is 66.9 Å². The number of piperidine rings is 1. The molecule has 5 rings (SSSR count). The molecular formula is C27H31N3O2. The normalized spacial score (nSPS) is 20.7. The Morgan fingerprint density at radius 3 is 2.66 bits per heavy atom. The summed E-state index contributed by atoms with van der Waals surface area (Å²) in [6, 6.07) is 21.1. The predicted octanol–water partition coefficient (Wildman–Crippen LogP) is 4.52. The number of amides is 1. The fraction of sp³-hybridized carbons (Fsp3) is 0.407. The summed E-state index contributed by atoms with van der Waals surface area (Å²) >= 11 is 0. The number of nitrogens with zero attached hydrogens (tertiary/aromatic N) is 3. The van der Waals surface area contributed by atoms with Crippen LogP contribution in [-0.2, 0) is 11.3 Å². The van der Waals surface area contributed by atoms with Crippen LogP contribution in [0, 0.1) is 0 Å². The molecule has 3 aromatic rings. The lowest BCUT2D eigenvalue weighted by molar-refractivity contribution is -0.128. The molecule has 2 aliphatic rings. The van der Waals surface area contributed by atoms with Crippen LogP contribution in [-0.4, -0.2) is 59.1 Å². The van der Waals surface area contributed by atoms with Gasteiger partial charge < -0.3 is 9.64 Å². The number of ether oxygens (including phenoxy) is 1. The molecule has 2 saturated heterocycles. The number of hydrogen-bond donors (Lipinski definition) is 0. The van der Waals surface area contributed by atoms with Crippen molar-refractivity contribution in [1.82, 2.24) is 14.8 Å². The van der Waals surface area contributed by atoms with Crippen molar-refractivity contribution in [3.8, 4) is 0 Å². The monoisotopic (exact) mass is 429 g/mol. The highest BCUT2D eigenvalue weighted by Crippen LogP contribution is 2.37. The van der Waals surface area contributed by atoms with Crippen LogP contribution >= 0.6 is 0 Å². The van der Waals surface area contributed by atoms with Crippen molar-refractivity contribution in [2.24, 2.45) is 0 Å². The van der Waals surface area contributed by atoms with Crippen molar-refractivity contribution >= 4 is 16.7 Å². The minimum absolute atomic E-state index is 0.0326. The van der Waals surface area contributed by atoms with Crippen molar-refractivity contribution < 1.29 is 9.53 Å². The first-order chi connectivity index (χ1) is 15.6. The second-order valence-corrected chi connectivity index (χ2v) is 9.25. The van der Waals surface area contributed by atoms with Crippen LogP contribution in [0.25, 0.3) is 10.8 Å². The fourth-order valence-corrected chi connectivity index (χ4v) is 5.28. The van der Waals surface area contributed by atoms with Gasteiger partial charge in [0.2, 0.25) is 0 Å². The first-order valence-electron chi connectivity index (χ1n) is 11.6. The molecule has 2 fully saturated rings. The van der Waals surface area contributed by atoms with Gasteiger partial charge in [0.15, 0.2) is 0 Å². The molecule has 0 aliphatic carbocycles. The van der Waals surface area contributed by atoms with E-state index in [0.29, 0.717) is 11.7 Å². The first kappa shape index (κ1) is 21.1. The van der Waals surface area contributed by atoms with E-state index in [1.807, 2.05) is 35.2 Å². The predicted molar refractivity (Wildman–Crippen MR) is 126 cm³/mol. The summed E-state index contributed by atoms with van der Waals surface area (Å²) in [6.45, 7) is 3.19. The Morgan fingerprint density at radius 2 is 1.84 bits per heavy atom. The summed E-state index contributed by atoms with van der Waals surface area (Å²) in [5.74, 6) is 0.0326. The van der Waals surface area contributed by atoms with Gasteiger partial charge in [0, 0.05) is 43.9 Å². The summed E-state index contributed by atoms with van der Waals surface area (Å²) in [7, 11) is 2.22. The lowest BCUT2D eigenvalue weighted by Gasteiger charge is -2.48. The van der Waals surface area contributed by atoms with Crippen LogP contribution in [0.1, 0.15) is 41.7 Å². The van der Waals surface area contributed by atoms with Gasteiger partial charge in [-0.2, -0.15) is 0 Å². The summed E-state index contributed by atoms with van der Waals surface area (Å²) in [5.41, 5.74) is 1.79. The van der Waals surface area contributed by atoms with E-state index < -0.39 is 0 Å². The van der Waals surface area contributed by atoms with Crippen molar-refractivity contribution in [2.45, 2.75) is 43.9 Å². The summed E-state index contributed by atoms with van der Waals surface area (Å²) in [5, 5.41) is 1.98. The Morgan fingerprint density at radius 1 is 1.09 bits per heavy atom. The second kappa shape index (κ2) is 9.00. The highest BCUT2D eigenvalue weighted by Gasteiger charge is 2.42. The Kier molecular flexibility index (Phi) is 5.94. The van der Waals surface area contributed by atoms with Gasteiger partial charge in [-0.15, -0.1) is 0 Å². The molecule has 1 atom stereocenters. The summed E-state index contributed by atoms with van der Waals surface area (Å²) in [6.07, 6.45) is 5.61. The fourth-order valence-electron chi connectivity index (χ4n) is 5.28. The first-order valence-corrected chi connectivity index (χ1v) is 11.6. The van der Waals surface area contributed by atoms with Gasteiger partial charge in [0.1, 0.15) is 5.69 Å². The topological polar surface area (TPSA) is 45.7 Å². The quantitative estimate of drug-likeness (QED) is 0.612. The maximum atomic E-state index is 13.3. The van der Waals surface area contributed by atoms with E-state index in [4.69, 9.17) is 4.74 Å². The SMILES string of the molecule is CN(Cc1ccccc1)C1CCOC2(CCN(C(=O)c3nccc4ccccc34)CC2)C1. The van der Waals surface area contributed by atoms with Gasteiger partial charge in [-0.3, -0.25) is 14.7 Å². The maximum absolute atomic E-state index is 13.3. The van der Waals surface area contributed by atoms with Crippen LogP contribution in [0.3, 0.4) is 0 Å². The van der Waals surface area contributed by atoms with E-state index in [0.717, 1.165) is 62.7 Å². The zero-order valence-electron chi connectivity index (χ0n) is 18.7. The highest BCUT2D eigenvalue weighted by atomic mass is 16.5. The zero-order valence-corrected chi connectivity index (χ0v) is 18.7. The number of carbonyl (C=O) groups is 1. The Bertz CT molecular complexity index is 1070. The average molecular weight is 430 g/mol. The van der Waals surface area contributed by atoms with Crippen molar-refractivity contribution in [2.75, 3.05) is 26.7 Å². The Labute approximate surface area is 190 Å². The second-order valence-electron chi connectivity index (χ2n) is 9.25. The number of carbonyl (C=O) groups excluding carboxylic acids is 1. The number of benzene rings is 2. The Balaban J connectivity index is 1.24. The lowest BCUT2D eigenvalue weighted by Crippen LogP contribution is -2.54. The van der Waals surface area contributed by atoms with E-state index in [9.17, 15) is 4.79 Å². The largest absolute Gasteiger partial charge is 0.375 e. The minimum Gasteiger partial charge on any atom is -0.375 e. The molecule has 0 bridgehead atoms. The molecular weight excluding hydrogens is 398 g/mol. The maximum Gasteiger partial charge on any atom is 0.273 e. The smallest absolute Gasteiger partial charge is 0.273 e. The molecule has 5 nitrogen and oxygen atoms in total. The number of pyridine rings is 1. The third-order valence-electron chi connectivity index (χ3n) is 7.20. The van der Waals surface area contributed by atoms with Gasteiger partial charge >= 0.3 is 0 Å². The summed E-state index contributed by atoms with van der Waals surface area (Å²) < 4.78 is 6.36. The molecule has 3 heterocycles. The van der Waals surface area contributed by atoms with Crippen molar-refractivity contribution in [3.63, 3.8) is 0 Å². The molecule has 1 aromatic heterocycles. The number of hydrogen-bond acceptors (Lipinski definition) is 4. The number of fused-ring (bicyclic) bond motifs is 1. The van der Waals surface area contributed by atoms with Gasteiger partial charge in [-0.25, -0.2) is 0 Å². The third kappa shape index (κ3) is 4.27. The molecule has 166 valence electrons. The van der Waals surface area contributed by atoms with Gasteiger partial charge in [-0.05, 0) is 49.7 Å².